The Bertz CT molecular complexity index is 990. The van der Waals surface area contributed by atoms with E-state index in [-0.39, 0.29) is 18.9 Å². The molecule has 0 saturated carbocycles. The van der Waals surface area contributed by atoms with Crippen molar-refractivity contribution in [3.05, 3.63) is 59.1 Å². The Hall–Kier alpha value is -2.45. The molecule has 2 aromatic carbocycles. The highest BCUT2D eigenvalue weighted by molar-refractivity contribution is 6.34. The Labute approximate surface area is 209 Å². The molecule has 2 aliphatic rings. The van der Waals surface area contributed by atoms with Gasteiger partial charge in [0, 0.05) is 63.6 Å². The summed E-state index contributed by atoms with van der Waals surface area (Å²) in [6, 6.07) is 16.6. The summed E-state index contributed by atoms with van der Waals surface area (Å²) in [5.74, 6) is -0.375. The molecule has 1 N–H and O–H groups in total. The second-order valence-electron chi connectivity index (χ2n) is 9.49. The molecule has 4 rings (SSSR count). The fourth-order valence-corrected chi connectivity index (χ4v) is 5.13. The first-order valence-corrected chi connectivity index (χ1v) is 12.5. The van der Waals surface area contributed by atoms with Crippen molar-refractivity contribution in [3.63, 3.8) is 0 Å². The predicted molar refractivity (Wildman–Crippen MR) is 134 cm³/mol. The minimum absolute atomic E-state index is 0.0247. The van der Waals surface area contributed by atoms with Crippen LogP contribution in [0.3, 0.4) is 0 Å². The topological polar surface area (TPSA) is 38.8 Å². The van der Waals surface area contributed by atoms with Gasteiger partial charge in [-0.25, -0.2) is 0 Å². The van der Waals surface area contributed by atoms with E-state index in [1.54, 1.807) is 12.1 Å². The summed E-state index contributed by atoms with van der Waals surface area (Å²) >= 11 is 6.35. The van der Waals surface area contributed by atoms with Crippen LogP contribution in [0.1, 0.15) is 36.0 Å². The zero-order valence-electron chi connectivity index (χ0n) is 19.9. The van der Waals surface area contributed by atoms with Crippen molar-refractivity contribution in [2.75, 3.05) is 50.0 Å². The van der Waals surface area contributed by atoms with Crippen molar-refractivity contribution < 1.29 is 18.0 Å². The lowest BCUT2D eigenvalue weighted by Gasteiger charge is -2.48. The van der Waals surface area contributed by atoms with Crippen LogP contribution in [-0.2, 0) is 0 Å². The van der Waals surface area contributed by atoms with Crippen molar-refractivity contribution >= 4 is 28.9 Å². The summed E-state index contributed by atoms with van der Waals surface area (Å²) in [6.07, 6.45) is -2.95. The molecule has 2 saturated heterocycles. The van der Waals surface area contributed by atoms with Crippen molar-refractivity contribution in [1.82, 2.24) is 9.80 Å². The number of benzene rings is 2. The van der Waals surface area contributed by atoms with Crippen LogP contribution in [0, 0.1) is 0 Å². The molecule has 1 amide bonds. The maximum Gasteiger partial charge on any atom is 0.389 e. The minimum atomic E-state index is -4.22. The summed E-state index contributed by atoms with van der Waals surface area (Å²) in [5.41, 5.74) is 2.43. The largest absolute Gasteiger partial charge is 0.389 e. The third kappa shape index (κ3) is 6.82. The Morgan fingerprint density at radius 2 is 1.80 bits per heavy atom. The number of nitrogens with zero attached hydrogens (tertiary/aromatic N) is 3. The second-order valence-corrected chi connectivity index (χ2v) is 9.90. The number of nitrogens with one attached hydrogen (secondary N) is 1. The van der Waals surface area contributed by atoms with Crippen molar-refractivity contribution in [1.29, 1.82) is 0 Å². The van der Waals surface area contributed by atoms with E-state index in [2.05, 4.69) is 39.4 Å². The summed E-state index contributed by atoms with van der Waals surface area (Å²) < 4.78 is 37.1. The molecule has 0 atom stereocenters. The summed E-state index contributed by atoms with van der Waals surface area (Å²) in [4.78, 5) is 18.8. The molecule has 5 nitrogen and oxygen atoms in total. The number of amides is 1. The highest BCUT2D eigenvalue weighted by Crippen LogP contribution is 2.28. The van der Waals surface area contributed by atoms with Crippen LogP contribution in [0.25, 0.3) is 0 Å². The molecule has 2 fully saturated rings. The van der Waals surface area contributed by atoms with Gasteiger partial charge in [-0.15, -0.1) is 0 Å². The predicted octanol–water partition coefficient (Wildman–Crippen LogP) is 5.52. The normalized spacial score (nSPS) is 17.8. The van der Waals surface area contributed by atoms with Gasteiger partial charge >= 0.3 is 6.18 Å². The number of likely N-dealkylation sites (tertiary alicyclic amines) is 1. The van der Waals surface area contributed by atoms with Crippen LogP contribution in [0.4, 0.5) is 24.5 Å². The fourth-order valence-electron chi connectivity index (χ4n) is 4.87. The maximum atomic E-state index is 12.6. The number of rotatable bonds is 8. The van der Waals surface area contributed by atoms with E-state index in [4.69, 9.17) is 11.6 Å². The molecule has 35 heavy (non-hydrogen) atoms. The van der Waals surface area contributed by atoms with Crippen molar-refractivity contribution in [3.8, 4) is 0 Å². The van der Waals surface area contributed by atoms with Crippen molar-refractivity contribution in [2.45, 2.75) is 43.9 Å². The van der Waals surface area contributed by atoms with Crippen LogP contribution in [0.5, 0.6) is 0 Å². The van der Waals surface area contributed by atoms with Crippen LogP contribution < -0.4 is 10.2 Å². The minimum Gasteiger partial charge on any atom is -0.380 e. The number of para-hydroxylation sites is 1. The lowest BCUT2D eigenvalue weighted by Crippen LogP contribution is -2.60. The maximum absolute atomic E-state index is 12.6. The monoisotopic (exact) mass is 508 g/mol. The third-order valence-corrected chi connectivity index (χ3v) is 7.20. The highest BCUT2D eigenvalue weighted by Gasteiger charge is 2.34. The van der Waals surface area contributed by atoms with Gasteiger partial charge in [-0.2, -0.15) is 13.2 Å². The number of halogens is 4. The van der Waals surface area contributed by atoms with Gasteiger partial charge in [0.15, 0.2) is 0 Å². The van der Waals surface area contributed by atoms with Crippen LogP contribution >= 0.6 is 11.6 Å². The van der Waals surface area contributed by atoms with E-state index in [9.17, 15) is 18.0 Å². The molecule has 2 heterocycles. The number of hydrogen-bond acceptors (Lipinski definition) is 4. The molecule has 0 radical (unpaired) electrons. The van der Waals surface area contributed by atoms with Gasteiger partial charge in [-0.05, 0) is 49.6 Å². The van der Waals surface area contributed by atoms with E-state index in [0.29, 0.717) is 22.7 Å². The first kappa shape index (κ1) is 25.6. The van der Waals surface area contributed by atoms with Gasteiger partial charge in [-0.3, -0.25) is 9.69 Å². The van der Waals surface area contributed by atoms with Gasteiger partial charge < -0.3 is 15.1 Å². The summed E-state index contributed by atoms with van der Waals surface area (Å²) in [6.45, 7) is 4.10. The second kappa shape index (κ2) is 11.1. The number of alkyl halides is 3. The van der Waals surface area contributed by atoms with E-state index >= 15 is 0 Å². The molecule has 190 valence electrons. The Morgan fingerprint density at radius 3 is 2.43 bits per heavy atom. The lowest BCUT2D eigenvalue weighted by molar-refractivity contribution is -0.135. The molecular weight excluding hydrogens is 477 g/mol. The number of hydrogen-bond donors (Lipinski definition) is 1. The number of carbonyl (C=O) groups excluding carboxylic acids is 1. The van der Waals surface area contributed by atoms with E-state index in [1.165, 1.54) is 17.6 Å². The molecule has 0 aliphatic carbocycles. The average molecular weight is 509 g/mol. The van der Waals surface area contributed by atoms with Gasteiger partial charge in [0.25, 0.3) is 5.91 Å². The van der Waals surface area contributed by atoms with Crippen LogP contribution in [-0.4, -0.2) is 73.7 Å². The van der Waals surface area contributed by atoms with Crippen molar-refractivity contribution in [2.24, 2.45) is 0 Å². The summed E-state index contributed by atoms with van der Waals surface area (Å²) in [7, 11) is 1.49. The highest BCUT2D eigenvalue weighted by atomic mass is 35.5. The SMILES string of the molecule is CN(CCCC(F)(F)F)C(=O)c1ccc(NC2CN(C3CCN(c4ccccc4)CC3)C2)cc1Cl. The first-order valence-electron chi connectivity index (χ1n) is 12.1. The first-order chi connectivity index (χ1) is 16.7. The summed E-state index contributed by atoms with van der Waals surface area (Å²) in [5, 5.41) is 3.78. The average Bonchev–Trinajstić information content (AvgIpc) is 2.80. The molecule has 0 bridgehead atoms. The molecule has 0 spiro atoms. The Morgan fingerprint density at radius 1 is 1.11 bits per heavy atom. The standard InChI is InChI=1S/C26H32ClF3N4O/c1-32(13-5-12-26(28,29)30)25(35)23-9-8-19(16-24(23)27)31-20-17-34(18-20)22-10-14-33(15-11-22)21-6-3-2-4-7-21/h2-4,6-9,16,20,22,31H,5,10-15,17-18H2,1H3. The number of piperidine rings is 1. The van der Waals surface area contributed by atoms with Crippen LogP contribution in [0.15, 0.2) is 48.5 Å². The fraction of sp³-hybridized carbons (Fsp3) is 0.500. The number of anilines is 2. The third-order valence-electron chi connectivity index (χ3n) is 6.88. The van der Waals surface area contributed by atoms with Gasteiger partial charge in [-0.1, -0.05) is 29.8 Å². The van der Waals surface area contributed by atoms with Crippen LogP contribution in [0.2, 0.25) is 5.02 Å². The Kier molecular flexibility index (Phi) is 8.12. The molecule has 0 aromatic heterocycles. The quantitative estimate of drug-likeness (QED) is 0.509. The van der Waals surface area contributed by atoms with Gasteiger partial charge in [0.1, 0.15) is 0 Å². The van der Waals surface area contributed by atoms with Gasteiger partial charge in [0.2, 0.25) is 0 Å². The lowest BCUT2D eigenvalue weighted by atomic mass is 9.97. The molecule has 9 heteroatoms. The van der Waals surface area contributed by atoms with E-state index < -0.39 is 12.6 Å². The zero-order chi connectivity index (χ0) is 25.0. The smallest absolute Gasteiger partial charge is 0.380 e. The molecular formula is C26H32ClF3N4O. The number of carbonyl (C=O) groups is 1. The molecule has 2 aliphatic heterocycles. The van der Waals surface area contributed by atoms with Gasteiger partial charge in [0.05, 0.1) is 16.6 Å². The zero-order valence-corrected chi connectivity index (χ0v) is 20.7. The Balaban J connectivity index is 1.21. The molecule has 2 aromatic rings. The van der Waals surface area contributed by atoms with E-state index in [1.807, 2.05) is 12.1 Å². The van der Waals surface area contributed by atoms with E-state index in [0.717, 1.165) is 44.7 Å². The molecule has 0 unspecified atom stereocenters.